The molecule has 9 heteroatoms. The molecule has 1 aliphatic heterocycles. The number of nitrogens with zero attached hydrogens (tertiary/aromatic N) is 5. The zero-order chi connectivity index (χ0) is 18.0. The van der Waals surface area contributed by atoms with Crippen LogP contribution in [0, 0.1) is 5.41 Å². The van der Waals surface area contributed by atoms with Crippen molar-refractivity contribution in [3.8, 4) is 0 Å². The number of rotatable bonds is 3. The van der Waals surface area contributed by atoms with Gasteiger partial charge in [-0.2, -0.15) is 0 Å². The molecule has 2 aromatic heterocycles. The third-order valence-electron chi connectivity index (χ3n) is 3.97. The van der Waals surface area contributed by atoms with E-state index < -0.39 is 0 Å². The van der Waals surface area contributed by atoms with Gasteiger partial charge >= 0.3 is 0 Å². The molecule has 0 saturated heterocycles. The molecule has 25 heavy (non-hydrogen) atoms. The first kappa shape index (κ1) is 17.5. The molecule has 0 saturated carbocycles. The zero-order valence-corrected chi connectivity index (χ0v) is 15.5. The topological polar surface area (TPSA) is 93.0 Å². The monoisotopic (exact) mass is 362 g/mol. The summed E-state index contributed by atoms with van der Waals surface area (Å²) in [7, 11) is 0. The van der Waals surface area contributed by atoms with E-state index >= 15 is 0 Å². The van der Waals surface area contributed by atoms with Crippen molar-refractivity contribution in [1.29, 1.82) is 0 Å². The van der Waals surface area contributed by atoms with Crippen LogP contribution in [0.3, 0.4) is 0 Å². The summed E-state index contributed by atoms with van der Waals surface area (Å²) in [5.74, 6) is -0.363. The molecule has 0 bridgehead atoms. The first-order valence-corrected chi connectivity index (χ1v) is 9.07. The molecule has 0 aliphatic carbocycles. The summed E-state index contributed by atoms with van der Waals surface area (Å²) in [6, 6.07) is 0. The lowest BCUT2D eigenvalue weighted by molar-refractivity contribution is 0.0737. The van der Waals surface area contributed by atoms with Crippen molar-refractivity contribution in [3.05, 3.63) is 28.8 Å². The van der Waals surface area contributed by atoms with Crippen molar-refractivity contribution >= 4 is 23.3 Å². The van der Waals surface area contributed by atoms with Crippen LogP contribution in [0.2, 0.25) is 0 Å². The van der Waals surface area contributed by atoms with Crippen LogP contribution in [0.1, 0.15) is 53.9 Å². The molecule has 8 nitrogen and oxygen atoms in total. The normalized spacial score (nSPS) is 14.8. The Hall–Kier alpha value is -2.29. The number of amides is 2. The van der Waals surface area contributed by atoms with Gasteiger partial charge in [-0.1, -0.05) is 25.3 Å². The molecule has 3 heterocycles. The maximum Gasteiger partial charge on any atom is 0.275 e. The lowest BCUT2D eigenvalue weighted by Crippen LogP contribution is -2.34. The second-order valence-electron chi connectivity index (χ2n) is 7.35. The fraction of sp³-hybridized carbons (Fsp3) is 0.562. The first-order chi connectivity index (χ1) is 11.8. The standard InChI is InChI=1S/C16H22N6O2S/c1-16(2,3)9-17-14(23)13-12-7-21(5-4-6-22(12)10-18-13)15(24)11-8-25-20-19-11/h8,10H,4-7,9H2,1-3H3,(H,17,23). The van der Waals surface area contributed by atoms with Gasteiger partial charge in [0.15, 0.2) is 11.4 Å². The Morgan fingerprint density at radius 1 is 1.32 bits per heavy atom. The van der Waals surface area contributed by atoms with Crippen LogP contribution in [0.15, 0.2) is 11.7 Å². The molecule has 2 amide bonds. The van der Waals surface area contributed by atoms with Gasteiger partial charge in [0.2, 0.25) is 0 Å². The Balaban J connectivity index is 1.79. The molecule has 0 fully saturated rings. The van der Waals surface area contributed by atoms with Crippen molar-refractivity contribution in [3.63, 3.8) is 0 Å². The van der Waals surface area contributed by atoms with Gasteiger partial charge in [0.05, 0.1) is 18.6 Å². The fourth-order valence-corrected chi connectivity index (χ4v) is 3.10. The first-order valence-electron chi connectivity index (χ1n) is 8.24. The van der Waals surface area contributed by atoms with E-state index in [2.05, 4.69) is 40.7 Å². The summed E-state index contributed by atoms with van der Waals surface area (Å²) in [6.07, 6.45) is 2.48. The van der Waals surface area contributed by atoms with E-state index in [4.69, 9.17) is 0 Å². The Morgan fingerprint density at radius 3 is 2.80 bits per heavy atom. The predicted molar refractivity (Wildman–Crippen MR) is 93.3 cm³/mol. The van der Waals surface area contributed by atoms with Crippen LogP contribution in [-0.4, -0.2) is 48.9 Å². The van der Waals surface area contributed by atoms with Crippen molar-refractivity contribution in [2.45, 2.75) is 40.3 Å². The van der Waals surface area contributed by atoms with Gasteiger partial charge in [-0.25, -0.2) is 4.98 Å². The van der Waals surface area contributed by atoms with Crippen LogP contribution in [0.25, 0.3) is 0 Å². The quantitative estimate of drug-likeness (QED) is 0.894. The minimum atomic E-state index is -0.201. The molecule has 0 aromatic carbocycles. The molecule has 1 N–H and O–H groups in total. The SMILES string of the molecule is CC(C)(C)CNC(=O)c1ncn2c1CN(C(=O)c1csnn1)CCC2. The maximum atomic E-state index is 12.6. The molecular weight excluding hydrogens is 340 g/mol. The molecule has 0 atom stereocenters. The Bertz CT molecular complexity index is 762. The van der Waals surface area contributed by atoms with E-state index in [-0.39, 0.29) is 17.2 Å². The van der Waals surface area contributed by atoms with E-state index in [1.54, 1.807) is 16.6 Å². The maximum absolute atomic E-state index is 12.6. The predicted octanol–water partition coefficient (Wildman–Crippen LogP) is 1.56. The molecular formula is C16H22N6O2S. The van der Waals surface area contributed by atoms with Crippen LogP contribution in [0.4, 0.5) is 0 Å². The number of carbonyl (C=O) groups is 2. The molecule has 1 aliphatic rings. The number of fused-ring (bicyclic) bond motifs is 1. The van der Waals surface area contributed by atoms with Crippen LogP contribution in [0.5, 0.6) is 0 Å². The molecule has 0 unspecified atom stereocenters. The number of nitrogens with one attached hydrogen (secondary N) is 1. The summed E-state index contributed by atoms with van der Waals surface area (Å²) in [5, 5.41) is 8.42. The highest BCUT2D eigenvalue weighted by molar-refractivity contribution is 7.03. The van der Waals surface area contributed by atoms with E-state index in [1.165, 1.54) is 0 Å². The van der Waals surface area contributed by atoms with Crippen molar-refractivity contribution in [1.82, 2.24) is 29.4 Å². The summed E-state index contributed by atoms with van der Waals surface area (Å²) >= 11 is 1.15. The van der Waals surface area contributed by atoms with E-state index in [0.717, 1.165) is 30.2 Å². The Kier molecular flexibility index (Phi) is 4.85. The minimum absolute atomic E-state index is 0.00797. The van der Waals surface area contributed by atoms with Gasteiger partial charge in [-0.15, -0.1) is 5.10 Å². The summed E-state index contributed by atoms with van der Waals surface area (Å²) in [4.78, 5) is 31.1. The lowest BCUT2D eigenvalue weighted by Gasteiger charge is -2.20. The Labute approximate surface area is 150 Å². The van der Waals surface area contributed by atoms with Gasteiger partial charge in [-0.3, -0.25) is 9.59 Å². The Morgan fingerprint density at radius 2 is 2.12 bits per heavy atom. The molecule has 3 rings (SSSR count). The van der Waals surface area contributed by atoms with Gasteiger partial charge in [0, 0.05) is 25.0 Å². The molecule has 0 radical (unpaired) electrons. The second-order valence-corrected chi connectivity index (χ2v) is 7.96. The number of carbonyl (C=O) groups excluding carboxylic acids is 2. The summed E-state index contributed by atoms with van der Waals surface area (Å²) in [5.41, 5.74) is 1.49. The van der Waals surface area contributed by atoms with Crippen molar-refractivity contribution in [2.75, 3.05) is 13.1 Å². The number of aryl methyl sites for hydroxylation is 1. The van der Waals surface area contributed by atoms with Gasteiger partial charge in [0.25, 0.3) is 11.8 Å². The number of hydrogen-bond donors (Lipinski definition) is 1. The third kappa shape index (κ3) is 4.04. The van der Waals surface area contributed by atoms with E-state index in [0.29, 0.717) is 31.0 Å². The van der Waals surface area contributed by atoms with Gasteiger partial charge < -0.3 is 14.8 Å². The highest BCUT2D eigenvalue weighted by Gasteiger charge is 2.27. The zero-order valence-electron chi connectivity index (χ0n) is 14.7. The molecule has 134 valence electrons. The number of hydrogen-bond acceptors (Lipinski definition) is 6. The third-order valence-corrected chi connectivity index (χ3v) is 4.48. The van der Waals surface area contributed by atoms with Crippen LogP contribution >= 0.6 is 11.5 Å². The highest BCUT2D eigenvalue weighted by Crippen LogP contribution is 2.19. The van der Waals surface area contributed by atoms with E-state index in [9.17, 15) is 9.59 Å². The van der Waals surface area contributed by atoms with Gasteiger partial charge in [-0.05, 0) is 23.4 Å². The summed E-state index contributed by atoms with van der Waals surface area (Å²) < 4.78 is 5.71. The largest absolute Gasteiger partial charge is 0.350 e. The summed E-state index contributed by atoms with van der Waals surface area (Å²) in [6.45, 7) is 8.42. The van der Waals surface area contributed by atoms with Crippen molar-refractivity contribution < 1.29 is 9.59 Å². The second kappa shape index (κ2) is 6.91. The fourth-order valence-electron chi connectivity index (χ4n) is 2.67. The number of imidazole rings is 1. The van der Waals surface area contributed by atoms with Gasteiger partial charge in [0.1, 0.15) is 0 Å². The van der Waals surface area contributed by atoms with E-state index in [1.807, 2.05) is 4.57 Å². The highest BCUT2D eigenvalue weighted by atomic mass is 32.1. The van der Waals surface area contributed by atoms with Crippen LogP contribution in [-0.2, 0) is 13.1 Å². The number of aromatic nitrogens is 4. The van der Waals surface area contributed by atoms with Crippen LogP contribution < -0.4 is 5.32 Å². The lowest BCUT2D eigenvalue weighted by atomic mass is 9.97. The average molecular weight is 362 g/mol. The van der Waals surface area contributed by atoms with Crippen molar-refractivity contribution in [2.24, 2.45) is 5.41 Å². The average Bonchev–Trinajstić information content (AvgIpc) is 3.17. The molecule has 2 aromatic rings. The molecule has 0 spiro atoms. The smallest absolute Gasteiger partial charge is 0.275 e. The minimum Gasteiger partial charge on any atom is -0.350 e.